The van der Waals surface area contributed by atoms with Crippen LogP contribution in [0.15, 0.2) is 12.7 Å². The van der Waals surface area contributed by atoms with Crippen LogP contribution in [0.3, 0.4) is 0 Å². The van der Waals surface area contributed by atoms with E-state index in [0.717, 1.165) is 23.7 Å². The van der Waals surface area contributed by atoms with Gasteiger partial charge in [-0.25, -0.2) is 0 Å². The average molecular weight is 182 g/mol. The van der Waals surface area contributed by atoms with E-state index in [1.165, 1.54) is 12.8 Å². The number of hydrogen-bond donors (Lipinski definition) is 0. The SMILES string of the molecule is C=CC1CC(C)CC(C)C1C.CC. The molecule has 0 radical (unpaired) electrons. The summed E-state index contributed by atoms with van der Waals surface area (Å²) in [6.45, 7) is 15.0. The van der Waals surface area contributed by atoms with Crippen LogP contribution >= 0.6 is 0 Å². The topological polar surface area (TPSA) is 0 Å². The maximum Gasteiger partial charge on any atom is -0.0205 e. The summed E-state index contributed by atoms with van der Waals surface area (Å²) in [5.41, 5.74) is 0. The summed E-state index contributed by atoms with van der Waals surface area (Å²) >= 11 is 0. The van der Waals surface area contributed by atoms with Crippen molar-refractivity contribution in [2.75, 3.05) is 0 Å². The standard InChI is InChI=1S/C11H20.C2H6/c1-5-11-7-8(2)6-9(3)10(11)4;1-2/h5,8-11H,1,6-7H2,2-4H3;1-2H3. The molecule has 0 aromatic rings. The highest BCUT2D eigenvalue weighted by atomic mass is 14.3. The van der Waals surface area contributed by atoms with Crippen LogP contribution in [0.5, 0.6) is 0 Å². The Labute approximate surface area is 84.4 Å². The first-order chi connectivity index (χ1) is 6.15. The third kappa shape index (κ3) is 3.54. The maximum absolute atomic E-state index is 3.90. The quantitative estimate of drug-likeness (QED) is 0.523. The van der Waals surface area contributed by atoms with E-state index in [4.69, 9.17) is 0 Å². The largest absolute Gasteiger partial charge is 0.103 e. The third-order valence-electron chi connectivity index (χ3n) is 3.32. The summed E-state index contributed by atoms with van der Waals surface area (Å²) in [5.74, 6) is 3.42. The van der Waals surface area contributed by atoms with Gasteiger partial charge in [0.05, 0.1) is 0 Å². The van der Waals surface area contributed by atoms with Gasteiger partial charge in [0.15, 0.2) is 0 Å². The molecule has 0 bridgehead atoms. The van der Waals surface area contributed by atoms with Crippen LogP contribution in [0.2, 0.25) is 0 Å². The van der Waals surface area contributed by atoms with Crippen LogP contribution in [0.4, 0.5) is 0 Å². The van der Waals surface area contributed by atoms with Crippen molar-refractivity contribution in [2.24, 2.45) is 23.7 Å². The van der Waals surface area contributed by atoms with E-state index in [1.807, 2.05) is 13.8 Å². The van der Waals surface area contributed by atoms with Crippen molar-refractivity contribution in [3.8, 4) is 0 Å². The summed E-state index contributed by atoms with van der Waals surface area (Å²) in [7, 11) is 0. The van der Waals surface area contributed by atoms with E-state index >= 15 is 0 Å². The van der Waals surface area contributed by atoms with Gasteiger partial charge in [0, 0.05) is 0 Å². The van der Waals surface area contributed by atoms with Gasteiger partial charge < -0.3 is 0 Å². The van der Waals surface area contributed by atoms with Crippen LogP contribution in [0, 0.1) is 23.7 Å². The fourth-order valence-electron chi connectivity index (χ4n) is 2.36. The molecule has 0 heterocycles. The molecule has 0 spiro atoms. The van der Waals surface area contributed by atoms with Gasteiger partial charge in [0.1, 0.15) is 0 Å². The lowest BCUT2D eigenvalue weighted by Crippen LogP contribution is -2.26. The van der Waals surface area contributed by atoms with E-state index in [9.17, 15) is 0 Å². The molecule has 78 valence electrons. The van der Waals surface area contributed by atoms with Crippen molar-refractivity contribution < 1.29 is 0 Å². The molecule has 0 N–H and O–H groups in total. The molecule has 1 aliphatic carbocycles. The van der Waals surface area contributed by atoms with Gasteiger partial charge in [-0.2, -0.15) is 0 Å². The monoisotopic (exact) mass is 182 g/mol. The lowest BCUT2D eigenvalue weighted by molar-refractivity contribution is 0.170. The van der Waals surface area contributed by atoms with E-state index in [-0.39, 0.29) is 0 Å². The predicted octanol–water partition coefficient (Wildman–Crippen LogP) is 4.52. The van der Waals surface area contributed by atoms with Crippen LogP contribution in [0.25, 0.3) is 0 Å². The van der Waals surface area contributed by atoms with Gasteiger partial charge in [-0.05, 0) is 36.5 Å². The Morgan fingerprint density at radius 3 is 2.08 bits per heavy atom. The van der Waals surface area contributed by atoms with Gasteiger partial charge in [0.2, 0.25) is 0 Å². The van der Waals surface area contributed by atoms with Gasteiger partial charge in [-0.1, -0.05) is 40.7 Å². The molecule has 0 nitrogen and oxygen atoms in total. The van der Waals surface area contributed by atoms with Crippen LogP contribution < -0.4 is 0 Å². The third-order valence-corrected chi connectivity index (χ3v) is 3.32. The van der Waals surface area contributed by atoms with Crippen molar-refractivity contribution in [3.63, 3.8) is 0 Å². The minimum absolute atomic E-state index is 0.772. The molecule has 0 aromatic carbocycles. The van der Waals surface area contributed by atoms with Gasteiger partial charge in [0.25, 0.3) is 0 Å². The van der Waals surface area contributed by atoms with Crippen molar-refractivity contribution in [1.82, 2.24) is 0 Å². The zero-order valence-electron chi connectivity index (χ0n) is 10.0. The first-order valence-corrected chi connectivity index (χ1v) is 5.77. The van der Waals surface area contributed by atoms with Crippen LogP contribution in [0.1, 0.15) is 47.5 Å². The Bertz CT molecular complexity index is 137. The molecule has 0 aliphatic heterocycles. The average Bonchev–Trinajstić information content (AvgIpc) is 2.14. The first kappa shape index (κ1) is 12.7. The van der Waals surface area contributed by atoms with Crippen molar-refractivity contribution in [2.45, 2.75) is 47.5 Å². The van der Waals surface area contributed by atoms with E-state index in [1.54, 1.807) is 0 Å². The summed E-state index contributed by atoms with van der Waals surface area (Å²) in [6.07, 6.45) is 4.91. The highest BCUT2D eigenvalue weighted by Crippen LogP contribution is 2.37. The molecule has 0 amide bonds. The second-order valence-corrected chi connectivity index (χ2v) is 4.31. The Kier molecular flexibility index (Phi) is 6.11. The second kappa shape index (κ2) is 6.23. The Morgan fingerprint density at radius 1 is 1.08 bits per heavy atom. The number of allylic oxidation sites excluding steroid dienone is 1. The van der Waals surface area contributed by atoms with Gasteiger partial charge >= 0.3 is 0 Å². The molecule has 4 unspecified atom stereocenters. The predicted molar refractivity (Wildman–Crippen MR) is 61.8 cm³/mol. The van der Waals surface area contributed by atoms with Crippen molar-refractivity contribution >= 4 is 0 Å². The minimum atomic E-state index is 0.772. The fourth-order valence-corrected chi connectivity index (χ4v) is 2.36. The van der Waals surface area contributed by atoms with Crippen LogP contribution in [-0.4, -0.2) is 0 Å². The smallest absolute Gasteiger partial charge is 0.0205 e. The van der Waals surface area contributed by atoms with Crippen LogP contribution in [-0.2, 0) is 0 Å². The van der Waals surface area contributed by atoms with Gasteiger partial charge in [-0.3, -0.25) is 0 Å². The molecule has 0 saturated heterocycles. The van der Waals surface area contributed by atoms with E-state index in [0.29, 0.717) is 0 Å². The zero-order valence-corrected chi connectivity index (χ0v) is 10.0. The molecule has 13 heavy (non-hydrogen) atoms. The lowest BCUT2D eigenvalue weighted by atomic mass is 9.70. The van der Waals surface area contributed by atoms with Crippen molar-refractivity contribution in [3.05, 3.63) is 12.7 Å². The van der Waals surface area contributed by atoms with Gasteiger partial charge in [-0.15, -0.1) is 6.58 Å². The van der Waals surface area contributed by atoms with Crippen molar-refractivity contribution in [1.29, 1.82) is 0 Å². The molecular weight excluding hydrogens is 156 g/mol. The summed E-state index contributed by atoms with van der Waals surface area (Å²) < 4.78 is 0. The molecule has 1 fully saturated rings. The summed E-state index contributed by atoms with van der Waals surface area (Å²) in [6, 6.07) is 0. The molecular formula is C13H26. The number of rotatable bonds is 1. The fraction of sp³-hybridized carbons (Fsp3) is 0.846. The zero-order chi connectivity index (χ0) is 10.4. The minimum Gasteiger partial charge on any atom is -0.103 e. The molecule has 0 heteroatoms. The summed E-state index contributed by atoms with van der Waals surface area (Å²) in [5, 5.41) is 0. The summed E-state index contributed by atoms with van der Waals surface area (Å²) in [4.78, 5) is 0. The normalized spacial score (nSPS) is 38.8. The highest BCUT2D eigenvalue weighted by molar-refractivity contribution is 4.90. The maximum atomic E-state index is 3.90. The molecule has 1 saturated carbocycles. The molecule has 0 aromatic heterocycles. The van der Waals surface area contributed by atoms with E-state index < -0.39 is 0 Å². The Morgan fingerprint density at radius 2 is 1.62 bits per heavy atom. The Balaban J connectivity index is 0.000000671. The first-order valence-electron chi connectivity index (χ1n) is 5.77. The highest BCUT2D eigenvalue weighted by Gasteiger charge is 2.28. The second-order valence-electron chi connectivity index (χ2n) is 4.31. The van der Waals surface area contributed by atoms with E-state index in [2.05, 4.69) is 33.4 Å². The molecule has 4 atom stereocenters. The number of hydrogen-bond acceptors (Lipinski definition) is 0. The molecule has 1 aliphatic rings. The lowest BCUT2D eigenvalue weighted by Gasteiger charge is -2.36. The Hall–Kier alpha value is -0.260. The molecule has 1 rings (SSSR count).